The van der Waals surface area contributed by atoms with Crippen molar-refractivity contribution in [3.05, 3.63) is 15.8 Å². The lowest BCUT2D eigenvalue weighted by Gasteiger charge is -2.08. The summed E-state index contributed by atoms with van der Waals surface area (Å²) in [5.74, 6) is 0. The molecule has 0 spiro atoms. The van der Waals surface area contributed by atoms with E-state index in [1.54, 1.807) is 6.92 Å². The highest BCUT2D eigenvalue weighted by Crippen LogP contribution is 2.26. The van der Waals surface area contributed by atoms with Crippen LogP contribution in [0.25, 0.3) is 0 Å². The highest BCUT2D eigenvalue weighted by molar-refractivity contribution is 7.89. The molecule has 0 saturated carbocycles. The molecular formula is C10H14F3NO3S2. The van der Waals surface area contributed by atoms with Crippen molar-refractivity contribution in [2.24, 2.45) is 0 Å². The molecule has 0 fully saturated rings. The molecule has 1 heterocycles. The number of hydrogen-bond acceptors (Lipinski definition) is 4. The molecule has 1 aromatic rings. The molecule has 110 valence electrons. The van der Waals surface area contributed by atoms with Crippen molar-refractivity contribution < 1.29 is 26.7 Å². The minimum atomic E-state index is -4.28. The van der Waals surface area contributed by atoms with Crippen LogP contribution in [0, 0.1) is 6.92 Å². The Bertz CT molecular complexity index is 523. The van der Waals surface area contributed by atoms with Crippen molar-refractivity contribution in [3.8, 4) is 0 Å². The maximum absolute atomic E-state index is 11.9. The second-order valence-electron chi connectivity index (χ2n) is 3.91. The molecule has 0 aliphatic rings. The third kappa shape index (κ3) is 5.09. The minimum Gasteiger partial charge on any atom is -0.391 e. The monoisotopic (exact) mass is 317 g/mol. The van der Waals surface area contributed by atoms with Crippen LogP contribution in [0.2, 0.25) is 0 Å². The molecule has 1 rings (SSSR count). The van der Waals surface area contributed by atoms with Gasteiger partial charge in [-0.25, -0.2) is 13.1 Å². The maximum Gasteiger partial charge on any atom is 0.389 e. The first-order chi connectivity index (χ1) is 8.65. The Morgan fingerprint density at radius 1 is 1.42 bits per heavy atom. The molecule has 0 bridgehead atoms. The first kappa shape index (κ1) is 16.4. The molecule has 1 aromatic heterocycles. The maximum atomic E-state index is 11.9. The quantitative estimate of drug-likeness (QED) is 0.790. The average molecular weight is 317 g/mol. The van der Waals surface area contributed by atoms with Gasteiger partial charge in [-0.1, -0.05) is 0 Å². The molecule has 0 aromatic carbocycles. The summed E-state index contributed by atoms with van der Waals surface area (Å²) in [5, 5.41) is 8.91. The van der Waals surface area contributed by atoms with Crippen LogP contribution in [-0.4, -0.2) is 26.2 Å². The van der Waals surface area contributed by atoms with Crippen LogP contribution in [0.1, 0.15) is 22.6 Å². The molecule has 0 radical (unpaired) electrons. The molecule has 0 amide bonds. The zero-order valence-electron chi connectivity index (χ0n) is 10.1. The smallest absolute Gasteiger partial charge is 0.389 e. The van der Waals surface area contributed by atoms with E-state index < -0.39 is 22.6 Å². The summed E-state index contributed by atoms with van der Waals surface area (Å²) in [4.78, 5) is 0.995. The van der Waals surface area contributed by atoms with Crippen molar-refractivity contribution in [1.82, 2.24) is 4.72 Å². The molecule has 0 unspecified atom stereocenters. The molecule has 0 aliphatic carbocycles. The van der Waals surface area contributed by atoms with E-state index >= 15 is 0 Å². The van der Waals surface area contributed by atoms with Crippen LogP contribution in [0.4, 0.5) is 13.2 Å². The predicted octanol–water partition coefficient (Wildman–Crippen LogP) is 2.17. The van der Waals surface area contributed by atoms with Crippen molar-refractivity contribution in [2.75, 3.05) is 6.54 Å². The first-order valence-electron chi connectivity index (χ1n) is 5.42. The Morgan fingerprint density at radius 2 is 2.05 bits per heavy atom. The number of hydrogen-bond donors (Lipinski definition) is 2. The van der Waals surface area contributed by atoms with E-state index in [1.165, 1.54) is 6.07 Å². The van der Waals surface area contributed by atoms with Crippen LogP contribution in [0.3, 0.4) is 0 Å². The largest absolute Gasteiger partial charge is 0.391 e. The zero-order chi connectivity index (χ0) is 14.7. The van der Waals surface area contributed by atoms with E-state index in [2.05, 4.69) is 4.72 Å². The van der Waals surface area contributed by atoms with Gasteiger partial charge < -0.3 is 5.11 Å². The van der Waals surface area contributed by atoms with E-state index in [9.17, 15) is 21.6 Å². The standard InChI is InChI=1S/C10H14F3NO3S2/c1-7-9(5-8(6-15)18-7)19(16,17)14-4-2-3-10(11,12)13/h5,14-15H,2-4,6H2,1H3. The van der Waals surface area contributed by atoms with Crippen molar-refractivity contribution >= 4 is 21.4 Å². The fourth-order valence-corrected chi connectivity index (χ4v) is 4.01. The highest BCUT2D eigenvalue weighted by atomic mass is 32.2. The van der Waals surface area contributed by atoms with Gasteiger partial charge in [-0.3, -0.25) is 0 Å². The van der Waals surface area contributed by atoms with Gasteiger partial charge in [0.1, 0.15) is 0 Å². The Morgan fingerprint density at radius 3 is 2.53 bits per heavy atom. The molecule has 9 heteroatoms. The fourth-order valence-electron chi connectivity index (χ4n) is 1.44. The number of alkyl halides is 3. The first-order valence-corrected chi connectivity index (χ1v) is 7.72. The molecule has 19 heavy (non-hydrogen) atoms. The van der Waals surface area contributed by atoms with Gasteiger partial charge in [-0.15, -0.1) is 11.3 Å². The van der Waals surface area contributed by atoms with E-state index in [4.69, 9.17) is 5.11 Å². The van der Waals surface area contributed by atoms with Crippen LogP contribution in [0.15, 0.2) is 11.0 Å². The highest BCUT2D eigenvalue weighted by Gasteiger charge is 2.26. The van der Waals surface area contributed by atoms with Crippen LogP contribution in [-0.2, 0) is 16.6 Å². The summed E-state index contributed by atoms with van der Waals surface area (Å²) in [5.41, 5.74) is 0. The van der Waals surface area contributed by atoms with Gasteiger partial charge in [-0.2, -0.15) is 13.2 Å². The summed E-state index contributed by atoms with van der Waals surface area (Å²) in [6.45, 7) is 1.04. The number of halogens is 3. The summed E-state index contributed by atoms with van der Waals surface area (Å²) < 4.78 is 61.5. The summed E-state index contributed by atoms with van der Waals surface area (Å²) in [6.07, 6.45) is -5.62. The number of rotatable bonds is 6. The van der Waals surface area contributed by atoms with Crippen molar-refractivity contribution in [1.29, 1.82) is 0 Å². The summed E-state index contributed by atoms with van der Waals surface area (Å²) in [6, 6.07) is 1.33. The van der Waals surface area contributed by atoms with Gasteiger partial charge in [0.2, 0.25) is 10.0 Å². The van der Waals surface area contributed by atoms with Crippen molar-refractivity contribution in [3.63, 3.8) is 0 Å². The lowest BCUT2D eigenvalue weighted by molar-refractivity contribution is -0.135. The molecule has 4 nitrogen and oxygen atoms in total. The Hall–Kier alpha value is -0.640. The zero-order valence-corrected chi connectivity index (χ0v) is 11.8. The van der Waals surface area contributed by atoms with E-state index in [0.717, 1.165) is 11.3 Å². The van der Waals surface area contributed by atoms with Gasteiger partial charge in [0, 0.05) is 22.7 Å². The lowest BCUT2D eigenvalue weighted by atomic mass is 10.3. The molecule has 0 atom stereocenters. The lowest BCUT2D eigenvalue weighted by Crippen LogP contribution is -2.26. The number of aliphatic hydroxyl groups is 1. The number of sulfonamides is 1. The molecule has 2 N–H and O–H groups in total. The predicted molar refractivity (Wildman–Crippen MR) is 65.5 cm³/mol. The Kier molecular flexibility index (Phi) is 5.36. The topological polar surface area (TPSA) is 66.4 Å². The summed E-state index contributed by atoms with van der Waals surface area (Å²) >= 11 is 1.14. The SMILES string of the molecule is Cc1sc(CO)cc1S(=O)(=O)NCCCC(F)(F)F. The molecule has 0 aliphatic heterocycles. The Labute approximate surface area is 113 Å². The van der Waals surface area contributed by atoms with Gasteiger partial charge >= 0.3 is 6.18 Å². The second-order valence-corrected chi connectivity index (χ2v) is 6.98. The average Bonchev–Trinajstić information content (AvgIpc) is 2.66. The minimum absolute atomic E-state index is 0.00792. The van der Waals surface area contributed by atoms with Crippen LogP contribution in [0.5, 0.6) is 0 Å². The van der Waals surface area contributed by atoms with Gasteiger partial charge in [0.15, 0.2) is 0 Å². The second kappa shape index (κ2) is 6.21. The van der Waals surface area contributed by atoms with Crippen LogP contribution < -0.4 is 4.72 Å². The van der Waals surface area contributed by atoms with E-state index in [-0.39, 0.29) is 24.5 Å². The van der Waals surface area contributed by atoms with Gasteiger partial charge in [-0.05, 0) is 19.4 Å². The van der Waals surface area contributed by atoms with Crippen LogP contribution >= 0.6 is 11.3 Å². The van der Waals surface area contributed by atoms with Gasteiger partial charge in [0.25, 0.3) is 0 Å². The third-order valence-corrected chi connectivity index (χ3v) is 5.05. The number of nitrogens with one attached hydrogen (secondary N) is 1. The summed E-state index contributed by atoms with van der Waals surface area (Å²) in [7, 11) is -3.82. The van der Waals surface area contributed by atoms with Gasteiger partial charge in [0.05, 0.1) is 11.5 Å². The molecular weight excluding hydrogens is 303 g/mol. The van der Waals surface area contributed by atoms with E-state index in [1.807, 2.05) is 0 Å². The van der Waals surface area contributed by atoms with Crippen molar-refractivity contribution in [2.45, 2.75) is 37.4 Å². The normalized spacial score (nSPS) is 12.9. The van der Waals surface area contributed by atoms with E-state index in [0.29, 0.717) is 9.75 Å². The number of aryl methyl sites for hydroxylation is 1. The number of thiophene rings is 1. The molecule has 0 saturated heterocycles. The Balaban J connectivity index is 2.63. The number of aliphatic hydroxyl groups excluding tert-OH is 1. The third-order valence-electron chi connectivity index (χ3n) is 2.30. The fraction of sp³-hybridized carbons (Fsp3) is 0.600.